The summed E-state index contributed by atoms with van der Waals surface area (Å²) in [5, 5.41) is 11.9. The Morgan fingerprint density at radius 1 is 1.47 bits per heavy atom. The second-order valence-corrected chi connectivity index (χ2v) is 5.86. The zero-order valence-electron chi connectivity index (χ0n) is 11.6. The van der Waals surface area contributed by atoms with Gasteiger partial charge in [-0.1, -0.05) is 24.3 Å². The molecule has 0 aromatic heterocycles. The van der Waals surface area contributed by atoms with Crippen LogP contribution in [0, 0.1) is 16.7 Å². The highest BCUT2D eigenvalue weighted by Crippen LogP contribution is 2.31. The summed E-state index contributed by atoms with van der Waals surface area (Å²) in [6, 6.07) is 10.4. The van der Waals surface area contributed by atoms with E-state index < -0.39 is 5.41 Å². The van der Waals surface area contributed by atoms with Crippen LogP contribution in [-0.4, -0.2) is 12.5 Å². The Balaban J connectivity index is 2.08. The van der Waals surface area contributed by atoms with Gasteiger partial charge in [-0.2, -0.15) is 5.26 Å². The molecule has 1 aliphatic carbocycles. The second-order valence-electron chi connectivity index (χ2n) is 5.86. The van der Waals surface area contributed by atoms with E-state index in [9.17, 15) is 4.79 Å². The van der Waals surface area contributed by atoms with Crippen LogP contribution in [-0.2, 0) is 11.2 Å². The molecule has 0 aliphatic heterocycles. The molecular weight excluding hydrogens is 236 g/mol. The molecule has 100 valence electrons. The number of carbonyl (C=O) groups is 1. The van der Waals surface area contributed by atoms with Crippen LogP contribution in [0.5, 0.6) is 0 Å². The minimum absolute atomic E-state index is 0.0514. The van der Waals surface area contributed by atoms with Crippen molar-refractivity contribution in [3.8, 4) is 6.07 Å². The number of nitrogens with zero attached hydrogens (tertiary/aromatic N) is 1. The van der Waals surface area contributed by atoms with Gasteiger partial charge in [-0.15, -0.1) is 0 Å². The van der Waals surface area contributed by atoms with Crippen LogP contribution < -0.4 is 5.32 Å². The van der Waals surface area contributed by atoms with Crippen molar-refractivity contribution in [2.24, 2.45) is 5.41 Å². The number of rotatable bonds is 3. The number of fused-ring (bicyclic) bond motifs is 1. The van der Waals surface area contributed by atoms with Crippen LogP contribution in [0.4, 0.5) is 0 Å². The average molecular weight is 256 g/mol. The lowest BCUT2D eigenvalue weighted by atomic mass is 9.82. The molecule has 1 atom stereocenters. The Labute approximate surface area is 114 Å². The van der Waals surface area contributed by atoms with Gasteiger partial charge >= 0.3 is 0 Å². The zero-order chi connectivity index (χ0) is 13.9. The standard InChI is InChI=1S/C16H20N2O/c1-16(2,10-17)11-18-15(19)14-9-5-7-12-6-3-4-8-13(12)14/h3-4,6,8,14H,5,7,9,11H2,1-2H3,(H,18,19). The minimum Gasteiger partial charge on any atom is -0.354 e. The molecule has 1 amide bonds. The van der Waals surface area contributed by atoms with Crippen molar-refractivity contribution in [3.05, 3.63) is 35.4 Å². The predicted octanol–water partition coefficient (Wildman–Crippen LogP) is 2.77. The van der Waals surface area contributed by atoms with Crippen LogP contribution in [0.2, 0.25) is 0 Å². The van der Waals surface area contributed by atoms with Gasteiger partial charge in [0.05, 0.1) is 17.4 Å². The van der Waals surface area contributed by atoms with Crippen molar-refractivity contribution < 1.29 is 4.79 Å². The molecule has 0 radical (unpaired) electrons. The van der Waals surface area contributed by atoms with Crippen molar-refractivity contribution in [3.63, 3.8) is 0 Å². The third-order valence-corrected chi connectivity index (χ3v) is 3.69. The van der Waals surface area contributed by atoms with Gasteiger partial charge in [0.15, 0.2) is 0 Å². The normalized spacial score (nSPS) is 18.3. The van der Waals surface area contributed by atoms with Crippen LogP contribution in [0.25, 0.3) is 0 Å². The lowest BCUT2D eigenvalue weighted by Crippen LogP contribution is -2.37. The molecule has 1 N–H and O–H groups in total. The molecule has 0 heterocycles. The van der Waals surface area contributed by atoms with Gasteiger partial charge < -0.3 is 5.32 Å². The molecule has 19 heavy (non-hydrogen) atoms. The van der Waals surface area contributed by atoms with Gasteiger partial charge in [-0.3, -0.25) is 4.79 Å². The monoisotopic (exact) mass is 256 g/mol. The van der Waals surface area contributed by atoms with Crippen molar-refractivity contribution in [2.75, 3.05) is 6.54 Å². The number of carbonyl (C=O) groups excluding carboxylic acids is 1. The maximum absolute atomic E-state index is 12.3. The number of nitrogens with one attached hydrogen (secondary N) is 1. The maximum atomic E-state index is 12.3. The fraction of sp³-hybridized carbons (Fsp3) is 0.500. The second kappa shape index (κ2) is 5.44. The zero-order valence-corrected chi connectivity index (χ0v) is 11.6. The van der Waals surface area contributed by atoms with Gasteiger partial charge in [0.2, 0.25) is 5.91 Å². The molecule has 0 saturated carbocycles. The molecule has 3 heteroatoms. The highest BCUT2D eigenvalue weighted by molar-refractivity contribution is 5.84. The molecule has 1 unspecified atom stereocenters. The molecule has 3 nitrogen and oxygen atoms in total. The first kappa shape index (κ1) is 13.6. The van der Waals surface area contributed by atoms with Crippen LogP contribution in [0.3, 0.4) is 0 Å². The van der Waals surface area contributed by atoms with Gasteiger partial charge in [0.25, 0.3) is 0 Å². The maximum Gasteiger partial charge on any atom is 0.227 e. The summed E-state index contributed by atoms with van der Waals surface area (Å²) in [5.41, 5.74) is 1.93. The van der Waals surface area contributed by atoms with E-state index in [1.54, 1.807) is 0 Å². The minimum atomic E-state index is -0.510. The first-order chi connectivity index (χ1) is 9.03. The molecule has 1 aromatic rings. The molecule has 2 rings (SSSR count). The Bertz CT molecular complexity index is 514. The largest absolute Gasteiger partial charge is 0.354 e. The van der Waals surface area contributed by atoms with E-state index >= 15 is 0 Å². The smallest absolute Gasteiger partial charge is 0.227 e. The van der Waals surface area contributed by atoms with Crippen molar-refractivity contribution in [2.45, 2.75) is 39.0 Å². The summed E-state index contributed by atoms with van der Waals surface area (Å²) >= 11 is 0. The van der Waals surface area contributed by atoms with Crippen LogP contribution in [0.1, 0.15) is 43.7 Å². The summed E-state index contributed by atoms with van der Waals surface area (Å²) < 4.78 is 0. The lowest BCUT2D eigenvalue weighted by Gasteiger charge is -2.26. The van der Waals surface area contributed by atoms with Crippen molar-refractivity contribution in [1.82, 2.24) is 5.32 Å². The number of hydrogen-bond donors (Lipinski definition) is 1. The number of nitriles is 1. The lowest BCUT2D eigenvalue weighted by molar-refractivity contribution is -0.123. The Morgan fingerprint density at radius 3 is 2.95 bits per heavy atom. The van der Waals surface area contributed by atoms with E-state index in [0.29, 0.717) is 6.54 Å². The highest BCUT2D eigenvalue weighted by atomic mass is 16.1. The van der Waals surface area contributed by atoms with Gasteiger partial charge in [-0.25, -0.2) is 0 Å². The molecule has 0 fully saturated rings. The van der Waals surface area contributed by atoms with Gasteiger partial charge in [0.1, 0.15) is 0 Å². The van der Waals surface area contributed by atoms with E-state index in [-0.39, 0.29) is 11.8 Å². The molecule has 0 bridgehead atoms. The Kier molecular flexibility index (Phi) is 3.90. The van der Waals surface area contributed by atoms with Crippen molar-refractivity contribution >= 4 is 5.91 Å². The first-order valence-corrected chi connectivity index (χ1v) is 6.80. The number of amides is 1. The van der Waals surface area contributed by atoms with E-state index in [0.717, 1.165) is 24.8 Å². The molecule has 1 aromatic carbocycles. The predicted molar refractivity (Wildman–Crippen MR) is 74.5 cm³/mol. The van der Waals surface area contributed by atoms with E-state index in [1.165, 1.54) is 5.56 Å². The molecule has 0 saturated heterocycles. The number of benzene rings is 1. The van der Waals surface area contributed by atoms with Gasteiger partial charge in [-0.05, 0) is 44.2 Å². The summed E-state index contributed by atoms with van der Waals surface area (Å²) in [4.78, 5) is 12.3. The molecule has 0 spiro atoms. The molecular formula is C16H20N2O. The van der Waals surface area contributed by atoms with E-state index in [1.807, 2.05) is 32.0 Å². The average Bonchev–Trinajstić information content (AvgIpc) is 2.44. The fourth-order valence-corrected chi connectivity index (χ4v) is 2.50. The quantitative estimate of drug-likeness (QED) is 0.904. The Hall–Kier alpha value is -1.82. The summed E-state index contributed by atoms with van der Waals surface area (Å²) in [5.74, 6) is -0.00471. The fourth-order valence-electron chi connectivity index (χ4n) is 2.50. The Morgan fingerprint density at radius 2 is 2.21 bits per heavy atom. The topological polar surface area (TPSA) is 52.9 Å². The summed E-state index contributed by atoms with van der Waals surface area (Å²) in [6.45, 7) is 4.07. The highest BCUT2D eigenvalue weighted by Gasteiger charge is 2.27. The summed E-state index contributed by atoms with van der Waals surface area (Å²) in [6.07, 6.45) is 3.01. The van der Waals surface area contributed by atoms with Crippen LogP contribution >= 0.6 is 0 Å². The SMILES string of the molecule is CC(C)(C#N)CNC(=O)C1CCCc2ccccc21. The van der Waals surface area contributed by atoms with Crippen LogP contribution in [0.15, 0.2) is 24.3 Å². The molecule has 1 aliphatic rings. The van der Waals surface area contributed by atoms with E-state index in [2.05, 4.69) is 17.5 Å². The first-order valence-electron chi connectivity index (χ1n) is 6.80. The third kappa shape index (κ3) is 3.14. The number of aryl methyl sites for hydroxylation is 1. The third-order valence-electron chi connectivity index (χ3n) is 3.69. The van der Waals surface area contributed by atoms with Crippen molar-refractivity contribution in [1.29, 1.82) is 5.26 Å². The number of hydrogen-bond acceptors (Lipinski definition) is 2. The summed E-state index contributed by atoms with van der Waals surface area (Å²) in [7, 11) is 0. The van der Waals surface area contributed by atoms with Gasteiger partial charge in [0, 0.05) is 6.54 Å². The van der Waals surface area contributed by atoms with E-state index in [4.69, 9.17) is 5.26 Å².